The van der Waals surface area contributed by atoms with Gasteiger partial charge in [0.15, 0.2) is 0 Å². The molecule has 2 fully saturated rings. The molecule has 3 unspecified atom stereocenters. The molecule has 0 amide bonds. The van der Waals surface area contributed by atoms with Gasteiger partial charge in [0.2, 0.25) is 0 Å². The zero-order valence-electron chi connectivity index (χ0n) is 17.9. The third kappa shape index (κ3) is 4.07. The summed E-state index contributed by atoms with van der Waals surface area (Å²) in [6, 6.07) is 6.64. The van der Waals surface area contributed by atoms with Gasteiger partial charge in [0.1, 0.15) is 12.5 Å². The first-order valence-corrected chi connectivity index (χ1v) is 11.2. The van der Waals surface area contributed by atoms with E-state index in [2.05, 4.69) is 18.2 Å². The van der Waals surface area contributed by atoms with Crippen molar-refractivity contribution in [2.75, 3.05) is 40.8 Å². The largest absolute Gasteiger partial charge is 0.497 e. The molecule has 0 bridgehead atoms. The summed E-state index contributed by atoms with van der Waals surface area (Å²) in [4.78, 5) is 0. The molecule has 0 spiro atoms. The second kappa shape index (κ2) is 9.34. The molecule has 0 aliphatic heterocycles. The van der Waals surface area contributed by atoms with Crippen LogP contribution in [-0.2, 0) is 20.6 Å². The fraction of sp³-hybridized carbons (Fsp3) is 0.750. The number of hydrogen-bond donors (Lipinski definition) is 1. The SMILES string of the molecule is COCCOCOCC[C@]12CCC3c4ccc(OC)cc4CCC3C1CC[C@@H]2O. The molecule has 29 heavy (non-hydrogen) atoms. The van der Waals surface area contributed by atoms with E-state index in [0.29, 0.717) is 44.4 Å². The molecular formula is C24H36O5. The Morgan fingerprint density at radius 2 is 1.90 bits per heavy atom. The van der Waals surface area contributed by atoms with E-state index in [9.17, 15) is 5.11 Å². The van der Waals surface area contributed by atoms with E-state index in [1.165, 1.54) is 24.0 Å². The molecule has 2 saturated carbocycles. The molecule has 1 aromatic rings. The molecule has 5 nitrogen and oxygen atoms in total. The molecule has 0 radical (unpaired) electrons. The zero-order chi connectivity index (χ0) is 20.3. The maximum Gasteiger partial charge on any atom is 0.146 e. The Morgan fingerprint density at radius 3 is 2.72 bits per heavy atom. The molecule has 5 heteroatoms. The highest BCUT2D eigenvalue weighted by atomic mass is 16.7. The number of aliphatic hydroxyl groups excluding tert-OH is 1. The summed E-state index contributed by atoms with van der Waals surface area (Å²) in [6.45, 7) is 2.11. The van der Waals surface area contributed by atoms with Crippen LogP contribution in [0.3, 0.4) is 0 Å². The smallest absolute Gasteiger partial charge is 0.146 e. The summed E-state index contributed by atoms with van der Waals surface area (Å²) in [7, 11) is 3.41. The second-order valence-electron chi connectivity index (χ2n) is 9.02. The molecule has 3 aliphatic carbocycles. The molecule has 0 heterocycles. The lowest BCUT2D eigenvalue weighted by molar-refractivity contribution is -0.0964. The lowest BCUT2D eigenvalue weighted by atomic mass is 9.54. The fourth-order valence-electron chi connectivity index (χ4n) is 6.53. The number of hydrogen-bond acceptors (Lipinski definition) is 5. The highest BCUT2D eigenvalue weighted by Crippen LogP contribution is 2.62. The van der Waals surface area contributed by atoms with Gasteiger partial charge in [0, 0.05) is 12.5 Å². The standard InChI is InChI=1S/C24H36O5/c1-26-13-14-29-16-28-12-11-24-10-9-20-19-6-4-18(27-2)15-17(19)3-5-21(20)22(24)7-8-23(24)25/h4,6,15,20-23,25H,3,5,7-14,16H2,1-2H3/t20?,21?,22?,23-,24+/m0/s1. The first kappa shape index (κ1) is 21.1. The van der Waals surface area contributed by atoms with Crippen molar-refractivity contribution in [3.8, 4) is 5.75 Å². The van der Waals surface area contributed by atoms with Gasteiger partial charge in [-0.2, -0.15) is 0 Å². The first-order valence-electron chi connectivity index (χ1n) is 11.2. The maximum absolute atomic E-state index is 11.0. The van der Waals surface area contributed by atoms with Crippen LogP contribution in [0.25, 0.3) is 0 Å². The van der Waals surface area contributed by atoms with Crippen molar-refractivity contribution in [3.63, 3.8) is 0 Å². The summed E-state index contributed by atoms with van der Waals surface area (Å²) >= 11 is 0. The van der Waals surface area contributed by atoms with Gasteiger partial charge in [0.25, 0.3) is 0 Å². The summed E-state index contributed by atoms with van der Waals surface area (Å²) in [6.07, 6.45) is 7.45. The van der Waals surface area contributed by atoms with Gasteiger partial charge in [-0.3, -0.25) is 0 Å². The van der Waals surface area contributed by atoms with E-state index in [1.54, 1.807) is 14.2 Å². The highest BCUT2D eigenvalue weighted by Gasteiger charge is 2.56. The van der Waals surface area contributed by atoms with Crippen LogP contribution >= 0.6 is 0 Å². The Kier molecular flexibility index (Phi) is 6.80. The van der Waals surface area contributed by atoms with E-state index in [4.69, 9.17) is 18.9 Å². The third-order valence-electron chi connectivity index (χ3n) is 7.91. The summed E-state index contributed by atoms with van der Waals surface area (Å²) < 4.78 is 21.6. The average molecular weight is 405 g/mol. The van der Waals surface area contributed by atoms with Gasteiger partial charge in [0.05, 0.1) is 33.0 Å². The number of aryl methyl sites for hydroxylation is 1. The van der Waals surface area contributed by atoms with Crippen LogP contribution in [0, 0.1) is 17.3 Å². The number of fused-ring (bicyclic) bond motifs is 5. The highest BCUT2D eigenvalue weighted by molar-refractivity contribution is 5.40. The molecule has 0 saturated heterocycles. The molecule has 1 aromatic carbocycles. The normalized spacial score (nSPS) is 33.1. The first-order chi connectivity index (χ1) is 14.2. The third-order valence-corrected chi connectivity index (χ3v) is 7.91. The zero-order valence-corrected chi connectivity index (χ0v) is 17.9. The van der Waals surface area contributed by atoms with Crippen molar-refractivity contribution in [2.24, 2.45) is 17.3 Å². The molecular weight excluding hydrogens is 368 g/mol. The number of benzene rings is 1. The van der Waals surface area contributed by atoms with Crippen molar-refractivity contribution in [3.05, 3.63) is 29.3 Å². The predicted molar refractivity (Wildman–Crippen MR) is 111 cm³/mol. The lowest BCUT2D eigenvalue weighted by Crippen LogP contribution is -2.46. The predicted octanol–water partition coefficient (Wildman–Crippen LogP) is 3.92. The van der Waals surface area contributed by atoms with Crippen molar-refractivity contribution >= 4 is 0 Å². The maximum atomic E-state index is 11.0. The minimum absolute atomic E-state index is 0.0255. The minimum atomic E-state index is -0.191. The van der Waals surface area contributed by atoms with Crippen LogP contribution in [0.4, 0.5) is 0 Å². The molecule has 0 aromatic heterocycles. The van der Waals surface area contributed by atoms with Crippen molar-refractivity contribution in [1.29, 1.82) is 0 Å². The van der Waals surface area contributed by atoms with Crippen molar-refractivity contribution in [1.82, 2.24) is 0 Å². The number of methoxy groups -OCH3 is 2. The van der Waals surface area contributed by atoms with Crippen LogP contribution in [0.1, 0.15) is 55.6 Å². The van der Waals surface area contributed by atoms with Crippen LogP contribution in [-0.4, -0.2) is 52.0 Å². The van der Waals surface area contributed by atoms with Gasteiger partial charge in [-0.05, 0) is 86.0 Å². The Morgan fingerprint density at radius 1 is 1.03 bits per heavy atom. The van der Waals surface area contributed by atoms with Crippen molar-refractivity contribution < 1.29 is 24.1 Å². The Balaban J connectivity index is 1.41. The van der Waals surface area contributed by atoms with Crippen LogP contribution < -0.4 is 4.74 Å². The van der Waals surface area contributed by atoms with Crippen LogP contribution in [0.2, 0.25) is 0 Å². The van der Waals surface area contributed by atoms with Crippen LogP contribution in [0.5, 0.6) is 5.75 Å². The summed E-state index contributed by atoms with van der Waals surface area (Å²) in [5.41, 5.74) is 3.02. The van der Waals surface area contributed by atoms with Crippen LogP contribution in [0.15, 0.2) is 18.2 Å². The Labute approximate surface area is 174 Å². The van der Waals surface area contributed by atoms with E-state index in [1.807, 2.05) is 0 Å². The second-order valence-corrected chi connectivity index (χ2v) is 9.02. The lowest BCUT2D eigenvalue weighted by Gasteiger charge is -2.51. The molecule has 5 atom stereocenters. The van der Waals surface area contributed by atoms with E-state index in [-0.39, 0.29) is 11.5 Å². The van der Waals surface area contributed by atoms with Gasteiger partial charge < -0.3 is 24.1 Å². The van der Waals surface area contributed by atoms with E-state index in [0.717, 1.165) is 37.9 Å². The van der Waals surface area contributed by atoms with Gasteiger partial charge in [-0.25, -0.2) is 0 Å². The molecule has 1 N–H and O–H groups in total. The minimum Gasteiger partial charge on any atom is -0.497 e. The fourth-order valence-corrected chi connectivity index (χ4v) is 6.53. The van der Waals surface area contributed by atoms with Gasteiger partial charge >= 0.3 is 0 Å². The Hall–Kier alpha value is -1.14. The van der Waals surface area contributed by atoms with Gasteiger partial charge in [-0.15, -0.1) is 0 Å². The van der Waals surface area contributed by atoms with Crippen molar-refractivity contribution in [2.45, 2.75) is 57.0 Å². The monoisotopic (exact) mass is 404 g/mol. The topological polar surface area (TPSA) is 57.2 Å². The summed E-state index contributed by atoms with van der Waals surface area (Å²) in [5, 5.41) is 11.0. The number of ether oxygens (including phenoxy) is 4. The quantitative estimate of drug-likeness (QED) is 0.499. The Bertz CT molecular complexity index is 677. The van der Waals surface area contributed by atoms with E-state index >= 15 is 0 Å². The molecule has 4 rings (SSSR count). The number of rotatable bonds is 9. The number of aliphatic hydroxyl groups is 1. The average Bonchev–Trinajstić information content (AvgIpc) is 3.09. The molecule has 3 aliphatic rings. The molecule has 162 valence electrons. The summed E-state index contributed by atoms with van der Waals surface area (Å²) in [5.74, 6) is 2.88. The van der Waals surface area contributed by atoms with Gasteiger partial charge in [-0.1, -0.05) is 6.07 Å². The van der Waals surface area contributed by atoms with E-state index < -0.39 is 0 Å².